The third-order valence-electron chi connectivity index (χ3n) is 7.67. The predicted octanol–water partition coefficient (Wildman–Crippen LogP) is 4.99. The quantitative estimate of drug-likeness (QED) is 0.591. The zero-order valence-electron chi connectivity index (χ0n) is 18.3. The van der Waals surface area contributed by atoms with Crippen LogP contribution in [0.4, 0.5) is 11.5 Å². The van der Waals surface area contributed by atoms with Crippen LogP contribution >= 0.6 is 11.8 Å². The lowest BCUT2D eigenvalue weighted by Crippen LogP contribution is -2.56. The van der Waals surface area contributed by atoms with E-state index in [0.717, 1.165) is 36.2 Å². The normalized spacial score (nSPS) is 30.6. The third-order valence-corrected chi connectivity index (χ3v) is 8.74. The summed E-state index contributed by atoms with van der Waals surface area (Å²) in [6, 6.07) is 6.61. The Hall–Kier alpha value is -2.12. The van der Waals surface area contributed by atoms with E-state index in [-0.39, 0.29) is 13.3 Å². The van der Waals surface area contributed by atoms with Crippen molar-refractivity contribution in [2.24, 2.45) is 35.5 Å². The number of carboxylic acids is 1. The van der Waals surface area contributed by atoms with Crippen LogP contribution in [0.25, 0.3) is 0 Å². The predicted molar refractivity (Wildman–Crippen MR) is 123 cm³/mol. The summed E-state index contributed by atoms with van der Waals surface area (Å²) in [5.74, 6) is 2.23. The van der Waals surface area contributed by atoms with E-state index >= 15 is 0 Å². The molecule has 5 rings (SSSR count). The highest BCUT2D eigenvalue weighted by Gasteiger charge is 2.49. The molecule has 2 fully saturated rings. The van der Waals surface area contributed by atoms with Crippen molar-refractivity contribution in [2.45, 2.75) is 43.7 Å². The fraction of sp³-hybridized carbons (Fsp3) is 0.542. The summed E-state index contributed by atoms with van der Waals surface area (Å²) in [6.45, 7) is 9.43. The van der Waals surface area contributed by atoms with Gasteiger partial charge in [0.1, 0.15) is 5.03 Å². The lowest BCUT2D eigenvalue weighted by atomic mass is 9.57. The van der Waals surface area contributed by atoms with Crippen LogP contribution in [-0.2, 0) is 11.3 Å². The van der Waals surface area contributed by atoms with E-state index in [1.807, 2.05) is 6.92 Å². The van der Waals surface area contributed by atoms with Gasteiger partial charge >= 0.3 is 5.97 Å². The van der Waals surface area contributed by atoms with Gasteiger partial charge in [0, 0.05) is 38.4 Å². The molecule has 1 aromatic heterocycles. The summed E-state index contributed by atoms with van der Waals surface area (Å²) in [4.78, 5) is 24.3. The molecule has 3 heterocycles. The van der Waals surface area contributed by atoms with Gasteiger partial charge in [-0.05, 0) is 53.7 Å². The first kappa shape index (κ1) is 20.8. The van der Waals surface area contributed by atoms with Crippen LogP contribution in [0, 0.1) is 35.5 Å². The summed E-state index contributed by atoms with van der Waals surface area (Å²) in [5.41, 5.74) is 2.37. The van der Waals surface area contributed by atoms with Crippen molar-refractivity contribution >= 4 is 29.2 Å². The van der Waals surface area contributed by atoms with E-state index < -0.39 is 5.97 Å². The number of anilines is 2. The number of aromatic nitrogens is 2. The number of benzene rings is 1. The van der Waals surface area contributed by atoms with Crippen molar-refractivity contribution < 1.29 is 11.3 Å². The van der Waals surface area contributed by atoms with E-state index in [4.69, 9.17) is 0 Å². The highest BCUT2D eigenvalue weighted by Crippen LogP contribution is 2.49. The highest BCUT2D eigenvalue weighted by molar-refractivity contribution is 7.99. The van der Waals surface area contributed by atoms with Gasteiger partial charge in [-0.1, -0.05) is 38.6 Å². The monoisotopic (exact) mass is 440 g/mol. The van der Waals surface area contributed by atoms with Crippen LogP contribution in [0.5, 0.6) is 0 Å². The van der Waals surface area contributed by atoms with E-state index in [9.17, 15) is 9.90 Å². The number of hydrogen-bond donors (Lipinski definition) is 2. The van der Waals surface area contributed by atoms with Crippen molar-refractivity contribution in [3.05, 3.63) is 36.2 Å². The Balaban J connectivity index is 0.00000245. The van der Waals surface area contributed by atoms with Crippen molar-refractivity contribution in [3.63, 3.8) is 0 Å². The largest absolute Gasteiger partial charge is 0.481 e. The van der Waals surface area contributed by atoms with Gasteiger partial charge in [-0.25, -0.2) is 9.97 Å². The first-order chi connectivity index (χ1) is 14.9. The first-order valence-electron chi connectivity index (χ1n) is 11.2. The molecule has 0 radical (unpaired) electrons. The zero-order valence-corrected chi connectivity index (χ0v) is 19.1. The molecule has 2 aliphatic heterocycles. The molecule has 2 aromatic rings. The molecule has 2 bridgehead atoms. The van der Waals surface area contributed by atoms with E-state index in [1.165, 1.54) is 16.9 Å². The average Bonchev–Trinajstić information content (AvgIpc) is 2.75. The van der Waals surface area contributed by atoms with E-state index in [0.29, 0.717) is 23.7 Å². The number of rotatable bonds is 4. The molecule has 0 amide bonds. The molecule has 1 saturated carbocycles. The zero-order chi connectivity index (χ0) is 21.7. The number of piperidine rings is 1. The standard InChI is InChI=1S/C24H30N4O2S.H2/c1-13-8-14(2)18-12-28(11-17(13)21(18)15(3)24(29)30)10-16-4-5-20-19(9-16)27-22-23(31-20)26-7-6-25-22;/h4-7,9,13-15,17-18,21H,8,10-12H2,1-3H3,(H,25,27)(H,29,30);1H. The number of carbonyl (C=O) groups is 1. The number of nitrogens with one attached hydrogen (secondary N) is 1. The van der Waals surface area contributed by atoms with Crippen LogP contribution in [0.2, 0.25) is 0 Å². The molecular weight excluding hydrogens is 408 g/mol. The van der Waals surface area contributed by atoms with E-state index in [2.05, 4.69) is 52.2 Å². The Kier molecular flexibility index (Phi) is 5.42. The smallest absolute Gasteiger partial charge is 0.306 e. The van der Waals surface area contributed by atoms with Gasteiger partial charge in [-0.2, -0.15) is 0 Å². The van der Waals surface area contributed by atoms with Crippen LogP contribution in [0.15, 0.2) is 40.5 Å². The first-order valence-corrected chi connectivity index (χ1v) is 12.1. The lowest BCUT2D eigenvalue weighted by Gasteiger charge is -2.54. The summed E-state index contributed by atoms with van der Waals surface area (Å²) in [7, 11) is 0. The minimum absolute atomic E-state index is 0. The Bertz CT molecular complexity index is 988. The minimum Gasteiger partial charge on any atom is -0.481 e. The summed E-state index contributed by atoms with van der Waals surface area (Å²) < 4.78 is 0. The summed E-state index contributed by atoms with van der Waals surface area (Å²) >= 11 is 1.65. The Labute approximate surface area is 189 Å². The molecule has 1 saturated heterocycles. The van der Waals surface area contributed by atoms with Crippen LogP contribution in [0.3, 0.4) is 0 Å². The van der Waals surface area contributed by atoms with Gasteiger partial charge in [0.25, 0.3) is 0 Å². The molecule has 166 valence electrons. The molecule has 6 nitrogen and oxygen atoms in total. The molecular formula is C24H32N4O2S. The topological polar surface area (TPSA) is 78.3 Å². The highest BCUT2D eigenvalue weighted by atomic mass is 32.2. The van der Waals surface area contributed by atoms with Crippen LogP contribution in [-0.4, -0.2) is 39.0 Å². The Morgan fingerprint density at radius 3 is 2.68 bits per heavy atom. The van der Waals surface area contributed by atoms with Gasteiger partial charge < -0.3 is 10.4 Å². The van der Waals surface area contributed by atoms with E-state index in [1.54, 1.807) is 24.2 Å². The average molecular weight is 441 g/mol. The molecule has 5 atom stereocenters. The van der Waals surface area contributed by atoms with Gasteiger partial charge in [0.2, 0.25) is 0 Å². The lowest BCUT2D eigenvalue weighted by molar-refractivity contribution is -0.150. The Morgan fingerprint density at radius 2 is 1.97 bits per heavy atom. The third kappa shape index (κ3) is 3.82. The number of carboxylic acid groups (broad SMARTS) is 1. The fourth-order valence-electron chi connectivity index (χ4n) is 6.16. The number of likely N-dealkylation sites (tertiary alicyclic amines) is 1. The van der Waals surface area contributed by atoms with Gasteiger partial charge in [-0.15, -0.1) is 0 Å². The fourth-order valence-corrected chi connectivity index (χ4v) is 7.04. The van der Waals surface area contributed by atoms with Gasteiger partial charge in [-0.3, -0.25) is 9.69 Å². The number of aliphatic carboxylic acids is 1. The second-order valence-electron chi connectivity index (χ2n) is 9.68. The number of hydrogen-bond acceptors (Lipinski definition) is 6. The molecule has 2 N–H and O–H groups in total. The maximum atomic E-state index is 11.8. The maximum Gasteiger partial charge on any atom is 0.306 e. The molecule has 31 heavy (non-hydrogen) atoms. The second-order valence-corrected chi connectivity index (χ2v) is 10.7. The van der Waals surface area contributed by atoms with Gasteiger partial charge in [0.15, 0.2) is 5.82 Å². The maximum absolute atomic E-state index is 11.8. The molecule has 1 aliphatic carbocycles. The number of fused-ring (bicyclic) bond motifs is 4. The van der Waals surface area contributed by atoms with Crippen molar-refractivity contribution in [2.75, 3.05) is 18.4 Å². The van der Waals surface area contributed by atoms with Crippen molar-refractivity contribution in [3.8, 4) is 0 Å². The van der Waals surface area contributed by atoms with Crippen molar-refractivity contribution in [1.82, 2.24) is 14.9 Å². The van der Waals surface area contributed by atoms with Gasteiger partial charge in [0.05, 0.1) is 11.6 Å². The second kappa shape index (κ2) is 8.10. The molecule has 3 aliphatic rings. The van der Waals surface area contributed by atoms with Crippen LogP contribution < -0.4 is 5.32 Å². The van der Waals surface area contributed by atoms with Crippen LogP contribution in [0.1, 0.15) is 34.2 Å². The Morgan fingerprint density at radius 1 is 1.26 bits per heavy atom. The summed E-state index contributed by atoms with van der Waals surface area (Å²) in [6.07, 6.45) is 4.65. The van der Waals surface area contributed by atoms with Crippen molar-refractivity contribution in [1.29, 1.82) is 0 Å². The number of nitrogens with zero attached hydrogens (tertiary/aromatic N) is 3. The molecule has 7 heteroatoms. The molecule has 5 unspecified atom stereocenters. The SMILES string of the molecule is CC1CC(C)C2CN(Cc3ccc4c(c3)Nc3nccnc3S4)CC1C2C(C)C(=O)O.[HH]. The minimum atomic E-state index is -0.642. The molecule has 0 spiro atoms. The molecule has 1 aromatic carbocycles. The summed E-state index contributed by atoms with van der Waals surface area (Å²) in [5, 5.41) is 14.1.